The third kappa shape index (κ3) is 2.53. The Balaban J connectivity index is 2.08. The Labute approximate surface area is 97.4 Å². The summed E-state index contributed by atoms with van der Waals surface area (Å²) in [6, 6.07) is 4.66. The average molecular weight is 220 g/mol. The van der Waals surface area contributed by atoms with Gasteiger partial charge in [0, 0.05) is 18.3 Å². The molecule has 16 heavy (non-hydrogen) atoms. The van der Waals surface area contributed by atoms with E-state index in [4.69, 9.17) is 4.74 Å². The minimum Gasteiger partial charge on any atom is -0.478 e. The predicted molar refractivity (Wildman–Crippen MR) is 64.6 cm³/mol. The van der Waals surface area contributed by atoms with E-state index in [-0.39, 0.29) is 0 Å². The number of pyridine rings is 1. The number of hydrogen-bond donors (Lipinski definition) is 0. The van der Waals surface area contributed by atoms with Crippen LogP contribution in [0.4, 0.5) is 0 Å². The topological polar surface area (TPSA) is 25.4 Å². The van der Waals surface area contributed by atoms with Gasteiger partial charge in [-0.1, -0.05) is 12.5 Å². The SMILES string of the molecule is CCOc1ccc([C@@H]2CCCCN2C)cn1. The third-order valence-corrected chi connectivity index (χ3v) is 3.21. The number of piperidine rings is 1. The van der Waals surface area contributed by atoms with Crippen molar-refractivity contribution in [3.63, 3.8) is 0 Å². The van der Waals surface area contributed by atoms with Crippen molar-refractivity contribution in [2.75, 3.05) is 20.2 Å². The van der Waals surface area contributed by atoms with Gasteiger partial charge in [0.25, 0.3) is 0 Å². The van der Waals surface area contributed by atoms with Crippen LogP contribution in [0.1, 0.15) is 37.8 Å². The molecule has 0 bridgehead atoms. The van der Waals surface area contributed by atoms with Crippen LogP contribution in [0.3, 0.4) is 0 Å². The smallest absolute Gasteiger partial charge is 0.213 e. The minimum atomic E-state index is 0.539. The molecule has 0 N–H and O–H groups in total. The normalized spacial score (nSPS) is 22.0. The van der Waals surface area contributed by atoms with Gasteiger partial charge in [-0.15, -0.1) is 0 Å². The lowest BCUT2D eigenvalue weighted by Gasteiger charge is -2.32. The van der Waals surface area contributed by atoms with Gasteiger partial charge in [0.15, 0.2) is 0 Å². The van der Waals surface area contributed by atoms with Crippen LogP contribution in [0.25, 0.3) is 0 Å². The highest BCUT2D eigenvalue weighted by atomic mass is 16.5. The molecule has 0 aliphatic carbocycles. The Morgan fingerprint density at radius 1 is 1.44 bits per heavy atom. The zero-order chi connectivity index (χ0) is 11.4. The second-order valence-electron chi connectivity index (χ2n) is 4.35. The molecule has 1 aliphatic heterocycles. The first-order chi connectivity index (χ1) is 7.81. The van der Waals surface area contributed by atoms with E-state index in [1.54, 1.807) is 0 Å². The van der Waals surface area contributed by atoms with E-state index in [1.807, 2.05) is 19.2 Å². The molecule has 2 heterocycles. The summed E-state index contributed by atoms with van der Waals surface area (Å²) in [5.74, 6) is 0.727. The minimum absolute atomic E-state index is 0.539. The summed E-state index contributed by atoms with van der Waals surface area (Å²) >= 11 is 0. The summed E-state index contributed by atoms with van der Waals surface area (Å²) in [5, 5.41) is 0. The molecule has 1 aromatic heterocycles. The first-order valence-electron chi connectivity index (χ1n) is 6.10. The highest BCUT2D eigenvalue weighted by Crippen LogP contribution is 2.29. The van der Waals surface area contributed by atoms with E-state index in [1.165, 1.54) is 31.4 Å². The summed E-state index contributed by atoms with van der Waals surface area (Å²) in [5.41, 5.74) is 1.31. The van der Waals surface area contributed by atoms with E-state index in [0.29, 0.717) is 12.6 Å². The van der Waals surface area contributed by atoms with Crippen LogP contribution in [0.2, 0.25) is 0 Å². The van der Waals surface area contributed by atoms with Crippen LogP contribution in [0.5, 0.6) is 5.88 Å². The van der Waals surface area contributed by atoms with E-state index in [2.05, 4.69) is 23.0 Å². The Morgan fingerprint density at radius 3 is 2.94 bits per heavy atom. The molecule has 3 heteroatoms. The first kappa shape index (κ1) is 11.4. The fraction of sp³-hybridized carbons (Fsp3) is 0.615. The Hall–Kier alpha value is -1.09. The van der Waals surface area contributed by atoms with Crippen molar-refractivity contribution in [1.82, 2.24) is 9.88 Å². The quantitative estimate of drug-likeness (QED) is 0.783. The molecule has 0 radical (unpaired) electrons. The maximum atomic E-state index is 5.35. The summed E-state index contributed by atoms with van der Waals surface area (Å²) in [6.07, 6.45) is 5.84. The predicted octanol–water partition coefficient (Wildman–Crippen LogP) is 2.64. The Morgan fingerprint density at radius 2 is 2.31 bits per heavy atom. The second-order valence-corrected chi connectivity index (χ2v) is 4.35. The van der Waals surface area contributed by atoms with E-state index in [9.17, 15) is 0 Å². The van der Waals surface area contributed by atoms with Gasteiger partial charge in [0.1, 0.15) is 0 Å². The fourth-order valence-electron chi connectivity index (χ4n) is 2.32. The summed E-state index contributed by atoms with van der Waals surface area (Å²) in [7, 11) is 2.19. The van der Waals surface area contributed by atoms with E-state index in [0.717, 1.165) is 5.88 Å². The lowest BCUT2D eigenvalue weighted by molar-refractivity contribution is 0.187. The van der Waals surface area contributed by atoms with Crippen molar-refractivity contribution in [3.05, 3.63) is 23.9 Å². The van der Waals surface area contributed by atoms with E-state index >= 15 is 0 Å². The van der Waals surface area contributed by atoms with Gasteiger partial charge < -0.3 is 4.74 Å². The lowest BCUT2D eigenvalue weighted by Crippen LogP contribution is -2.29. The number of likely N-dealkylation sites (tertiary alicyclic amines) is 1. The summed E-state index contributed by atoms with van der Waals surface area (Å²) in [4.78, 5) is 6.75. The lowest BCUT2D eigenvalue weighted by atomic mass is 9.97. The van der Waals surface area contributed by atoms with Gasteiger partial charge in [-0.25, -0.2) is 4.98 Å². The largest absolute Gasteiger partial charge is 0.478 e. The molecular formula is C13H20N2O. The molecular weight excluding hydrogens is 200 g/mol. The highest BCUT2D eigenvalue weighted by Gasteiger charge is 2.20. The zero-order valence-corrected chi connectivity index (χ0v) is 10.1. The molecule has 1 atom stereocenters. The van der Waals surface area contributed by atoms with Crippen molar-refractivity contribution in [1.29, 1.82) is 0 Å². The molecule has 0 amide bonds. The van der Waals surface area contributed by atoms with Crippen molar-refractivity contribution in [2.45, 2.75) is 32.2 Å². The molecule has 1 fully saturated rings. The standard InChI is InChI=1S/C13H20N2O/c1-3-16-13-8-7-11(10-14-13)12-6-4-5-9-15(12)2/h7-8,10,12H,3-6,9H2,1-2H3/t12-/m0/s1. The molecule has 0 saturated carbocycles. The molecule has 0 unspecified atom stereocenters. The molecule has 3 nitrogen and oxygen atoms in total. The van der Waals surface area contributed by atoms with E-state index < -0.39 is 0 Å². The molecule has 88 valence electrons. The molecule has 0 spiro atoms. The number of aromatic nitrogens is 1. The summed E-state index contributed by atoms with van der Waals surface area (Å²) < 4.78 is 5.35. The van der Waals surface area contributed by atoms with Crippen LogP contribution in [0, 0.1) is 0 Å². The fourth-order valence-corrected chi connectivity index (χ4v) is 2.32. The number of nitrogens with zero attached hydrogens (tertiary/aromatic N) is 2. The van der Waals surface area contributed by atoms with Crippen molar-refractivity contribution in [3.8, 4) is 5.88 Å². The maximum absolute atomic E-state index is 5.35. The van der Waals surface area contributed by atoms with Crippen molar-refractivity contribution >= 4 is 0 Å². The first-order valence-corrected chi connectivity index (χ1v) is 6.10. The molecule has 2 rings (SSSR count). The van der Waals surface area contributed by atoms with Gasteiger partial charge in [-0.3, -0.25) is 4.90 Å². The third-order valence-electron chi connectivity index (χ3n) is 3.21. The average Bonchev–Trinajstić information content (AvgIpc) is 2.31. The molecule has 1 saturated heterocycles. The molecule has 1 aromatic rings. The van der Waals surface area contributed by atoms with Gasteiger partial charge in [0.2, 0.25) is 5.88 Å². The second kappa shape index (κ2) is 5.30. The molecule has 0 aromatic carbocycles. The van der Waals surface area contributed by atoms with Gasteiger partial charge in [-0.2, -0.15) is 0 Å². The van der Waals surface area contributed by atoms with Crippen LogP contribution < -0.4 is 4.74 Å². The highest BCUT2D eigenvalue weighted by molar-refractivity contribution is 5.21. The maximum Gasteiger partial charge on any atom is 0.213 e. The van der Waals surface area contributed by atoms with Crippen LogP contribution >= 0.6 is 0 Å². The monoisotopic (exact) mass is 220 g/mol. The van der Waals surface area contributed by atoms with Gasteiger partial charge in [0.05, 0.1) is 6.61 Å². The Kier molecular flexibility index (Phi) is 3.78. The van der Waals surface area contributed by atoms with Gasteiger partial charge >= 0.3 is 0 Å². The van der Waals surface area contributed by atoms with Crippen LogP contribution in [-0.4, -0.2) is 30.1 Å². The zero-order valence-electron chi connectivity index (χ0n) is 10.1. The van der Waals surface area contributed by atoms with Crippen LogP contribution in [0.15, 0.2) is 18.3 Å². The van der Waals surface area contributed by atoms with Gasteiger partial charge in [-0.05, 0) is 38.9 Å². The summed E-state index contributed by atoms with van der Waals surface area (Å²) in [6.45, 7) is 3.85. The number of hydrogen-bond acceptors (Lipinski definition) is 3. The van der Waals surface area contributed by atoms with Crippen LogP contribution in [-0.2, 0) is 0 Å². The number of rotatable bonds is 3. The van der Waals surface area contributed by atoms with Crippen molar-refractivity contribution in [2.24, 2.45) is 0 Å². The molecule has 1 aliphatic rings. The Bertz CT molecular complexity index is 323. The van der Waals surface area contributed by atoms with Crippen molar-refractivity contribution < 1.29 is 4.74 Å². The number of ether oxygens (including phenoxy) is 1.